The van der Waals surface area contributed by atoms with Crippen molar-refractivity contribution < 1.29 is 14.3 Å². The van der Waals surface area contributed by atoms with Gasteiger partial charge in [-0.15, -0.1) is 0 Å². The van der Waals surface area contributed by atoms with Gasteiger partial charge in [-0.25, -0.2) is 4.79 Å². The number of benzene rings is 2. The van der Waals surface area contributed by atoms with Crippen LogP contribution in [0.5, 0.6) is 0 Å². The first-order valence-corrected chi connectivity index (χ1v) is 8.06. The molecule has 1 heterocycles. The summed E-state index contributed by atoms with van der Waals surface area (Å²) in [5.74, 6) is -0.735. The van der Waals surface area contributed by atoms with E-state index in [0.717, 1.165) is 16.6 Å². The minimum Gasteiger partial charge on any atom is -0.451 e. The first-order valence-electron chi connectivity index (χ1n) is 8.06. The fraction of sp³-hybridized carbons (Fsp3) is 0.200. The summed E-state index contributed by atoms with van der Waals surface area (Å²) in [5.41, 5.74) is 2.81. The van der Waals surface area contributed by atoms with Gasteiger partial charge in [0.05, 0.1) is 5.56 Å². The van der Waals surface area contributed by atoms with Crippen molar-refractivity contribution >= 4 is 28.3 Å². The normalized spacial score (nSPS) is 12.0. The number of hydrogen-bond acceptors (Lipinski definition) is 4. The minimum absolute atomic E-state index is 0.226. The Kier molecular flexibility index (Phi) is 4.57. The number of anilines is 1. The quantitative estimate of drug-likeness (QED) is 0.570. The molecule has 0 aliphatic heterocycles. The lowest BCUT2D eigenvalue weighted by Crippen LogP contribution is -2.24. The summed E-state index contributed by atoms with van der Waals surface area (Å²) in [6.07, 6.45) is 0.795. The van der Waals surface area contributed by atoms with Crippen LogP contribution in [0.15, 0.2) is 54.7 Å². The number of nitrogens with one attached hydrogen (secondary N) is 1. The average molecular weight is 336 g/mol. The average Bonchev–Trinajstić information content (AvgIpc) is 3.05. The van der Waals surface area contributed by atoms with Crippen LogP contribution in [0, 0.1) is 0 Å². The number of para-hydroxylation sites is 1. The number of esters is 1. The molecule has 5 nitrogen and oxygen atoms in total. The van der Waals surface area contributed by atoms with Crippen molar-refractivity contribution in [1.82, 2.24) is 4.98 Å². The molecule has 0 saturated heterocycles. The van der Waals surface area contributed by atoms with Crippen LogP contribution in [0.4, 0.5) is 5.69 Å². The van der Waals surface area contributed by atoms with Gasteiger partial charge in [-0.05, 0) is 37.3 Å². The summed E-state index contributed by atoms with van der Waals surface area (Å²) in [7, 11) is 3.85. The predicted molar refractivity (Wildman–Crippen MR) is 98.3 cm³/mol. The molecule has 1 atom stereocenters. The van der Waals surface area contributed by atoms with E-state index in [1.54, 1.807) is 25.3 Å². The zero-order chi connectivity index (χ0) is 18.0. The van der Waals surface area contributed by atoms with Crippen molar-refractivity contribution in [1.29, 1.82) is 0 Å². The van der Waals surface area contributed by atoms with Gasteiger partial charge in [0, 0.05) is 42.4 Å². The number of carbonyl (C=O) groups excluding carboxylic acids is 2. The molecule has 0 aliphatic carbocycles. The molecule has 25 heavy (non-hydrogen) atoms. The van der Waals surface area contributed by atoms with Crippen LogP contribution in [-0.4, -0.2) is 36.9 Å². The zero-order valence-electron chi connectivity index (χ0n) is 14.4. The van der Waals surface area contributed by atoms with E-state index in [1.165, 1.54) is 0 Å². The van der Waals surface area contributed by atoms with Gasteiger partial charge in [0.1, 0.15) is 0 Å². The van der Waals surface area contributed by atoms with E-state index in [0.29, 0.717) is 11.1 Å². The number of nitrogens with zero attached hydrogens (tertiary/aromatic N) is 1. The van der Waals surface area contributed by atoms with E-state index in [1.807, 2.05) is 55.4 Å². The molecule has 1 unspecified atom stereocenters. The highest BCUT2D eigenvalue weighted by Gasteiger charge is 2.22. The van der Waals surface area contributed by atoms with Gasteiger partial charge in [0.15, 0.2) is 6.10 Å². The fourth-order valence-electron chi connectivity index (χ4n) is 2.67. The number of ketones is 1. The van der Waals surface area contributed by atoms with Crippen molar-refractivity contribution in [3.63, 3.8) is 0 Å². The highest BCUT2D eigenvalue weighted by molar-refractivity contribution is 6.10. The van der Waals surface area contributed by atoms with Crippen molar-refractivity contribution in [3.8, 4) is 0 Å². The molecule has 0 radical (unpaired) electrons. The van der Waals surface area contributed by atoms with Crippen LogP contribution in [0.2, 0.25) is 0 Å². The van der Waals surface area contributed by atoms with Gasteiger partial charge in [-0.1, -0.05) is 18.2 Å². The molecule has 0 amide bonds. The zero-order valence-corrected chi connectivity index (χ0v) is 14.4. The number of fused-ring (bicyclic) bond motifs is 1. The second-order valence-electron chi connectivity index (χ2n) is 6.10. The number of ether oxygens (including phenoxy) is 1. The van der Waals surface area contributed by atoms with E-state index in [-0.39, 0.29) is 5.78 Å². The summed E-state index contributed by atoms with van der Waals surface area (Å²) in [6, 6.07) is 14.6. The summed E-state index contributed by atoms with van der Waals surface area (Å²) in [5, 5.41) is 0.825. The van der Waals surface area contributed by atoms with Gasteiger partial charge in [-0.2, -0.15) is 0 Å². The van der Waals surface area contributed by atoms with Crippen LogP contribution < -0.4 is 4.90 Å². The number of carbonyl (C=O) groups is 2. The number of H-pyrrole nitrogens is 1. The number of hydrogen-bond donors (Lipinski definition) is 1. The molecule has 0 saturated carbocycles. The van der Waals surface area contributed by atoms with E-state index < -0.39 is 12.1 Å². The largest absolute Gasteiger partial charge is 0.451 e. The van der Waals surface area contributed by atoms with E-state index in [4.69, 9.17) is 4.74 Å². The molecule has 128 valence electrons. The van der Waals surface area contributed by atoms with Crippen LogP contribution >= 0.6 is 0 Å². The minimum atomic E-state index is -0.861. The Balaban J connectivity index is 1.73. The molecule has 2 aromatic carbocycles. The first kappa shape index (κ1) is 16.8. The Morgan fingerprint density at radius 3 is 2.40 bits per heavy atom. The molecule has 1 N–H and O–H groups in total. The molecule has 0 bridgehead atoms. The molecule has 0 fully saturated rings. The number of aromatic amines is 1. The standard InChI is InChI=1S/C20H20N2O3/c1-13(19(23)17-12-21-18-7-5-4-6-16(17)18)25-20(24)14-8-10-15(11-9-14)22(2)3/h4-13,21H,1-3H3. The second kappa shape index (κ2) is 6.81. The van der Waals surface area contributed by atoms with Crippen LogP contribution in [0.1, 0.15) is 27.6 Å². The highest BCUT2D eigenvalue weighted by atomic mass is 16.5. The SMILES string of the molecule is CC(OC(=O)c1ccc(N(C)C)cc1)C(=O)c1c[nH]c2ccccc12. The fourth-order valence-corrected chi connectivity index (χ4v) is 2.67. The van der Waals surface area contributed by atoms with Gasteiger partial charge in [0.2, 0.25) is 5.78 Å². The smallest absolute Gasteiger partial charge is 0.338 e. The van der Waals surface area contributed by atoms with Crippen molar-refractivity contribution in [2.24, 2.45) is 0 Å². The monoisotopic (exact) mass is 336 g/mol. The van der Waals surface area contributed by atoms with E-state index >= 15 is 0 Å². The summed E-state index contributed by atoms with van der Waals surface area (Å²) >= 11 is 0. The number of aromatic nitrogens is 1. The maximum absolute atomic E-state index is 12.6. The molecule has 5 heteroatoms. The molecule has 3 rings (SSSR count). The molecular weight excluding hydrogens is 316 g/mol. The van der Waals surface area contributed by atoms with Crippen molar-refractivity contribution in [2.45, 2.75) is 13.0 Å². The second-order valence-corrected chi connectivity index (χ2v) is 6.10. The van der Waals surface area contributed by atoms with E-state index in [2.05, 4.69) is 4.98 Å². The van der Waals surface area contributed by atoms with Gasteiger partial charge < -0.3 is 14.6 Å². The maximum atomic E-state index is 12.6. The molecule has 3 aromatic rings. The Morgan fingerprint density at radius 1 is 1.04 bits per heavy atom. The third-order valence-electron chi connectivity index (χ3n) is 4.13. The number of rotatable bonds is 5. The number of Topliss-reactive ketones (excluding diaryl/α,β-unsaturated/α-hetero) is 1. The van der Waals surface area contributed by atoms with Gasteiger partial charge >= 0.3 is 5.97 Å². The Labute approximate surface area is 146 Å². The summed E-state index contributed by atoms with van der Waals surface area (Å²) < 4.78 is 5.36. The lowest BCUT2D eigenvalue weighted by Gasteiger charge is -2.14. The van der Waals surface area contributed by atoms with Crippen molar-refractivity contribution in [2.75, 3.05) is 19.0 Å². The summed E-state index contributed by atoms with van der Waals surface area (Å²) in [4.78, 5) is 29.9. The Bertz CT molecular complexity index is 910. The molecule has 1 aromatic heterocycles. The molecule has 0 aliphatic rings. The topological polar surface area (TPSA) is 62.4 Å². The predicted octanol–water partition coefficient (Wildman–Crippen LogP) is 3.66. The molecular formula is C20H20N2O3. The van der Waals surface area contributed by atoms with Crippen molar-refractivity contribution in [3.05, 3.63) is 65.9 Å². The lowest BCUT2D eigenvalue weighted by atomic mass is 10.1. The van der Waals surface area contributed by atoms with E-state index in [9.17, 15) is 9.59 Å². The third-order valence-corrected chi connectivity index (χ3v) is 4.13. The Hall–Kier alpha value is -3.08. The maximum Gasteiger partial charge on any atom is 0.338 e. The van der Waals surface area contributed by atoms with Gasteiger partial charge in [-0.3, -0.25) is 4.79 Å². The first-order chi connectivity index (χ1) is 12.0. The van der Waals surface area contributed by atoms with Gasteiger partial charge in [0.25, 0.3) is 0 Å². The molecule has 0 spiro atoms. The summed E-state index contributed by atoms with van der Waals surface area (Å²) in [6.45, 7) is 1.59. The van der Waals surface area contributed by atoms with Crippen LogP contribution in [-0.2, 0) is 4.74 Å². The third kappa shape index (κ3) is 3.40. The van der Waals surface area contributed by atoms with Crippen LogP contribution in [0.3, 0.4) is 0 Å². The van der Waals surface area contributed by atoms with Crippen LogP contribution in [0.25, 0.3) is 10.9 Å². The Morgan fingerprint density at radius 2 is 1.72 bits per heavy atom. The highest BCUT2D eigenvalue weighted by Crippen LogP contribution is 2.20. The lowest BCUT2D eigenvalue weighted by molar-refractivity contribution is 0.0319.